The first kappa shape index (κ1) is 14.0. The number of hydrogen-bond donors (Lipinski definition) is 2. The summed E-state index contributed by atoms with van der Waals surface area (Å²) in [4.78, 5) is 22.8. The smallest absolute Gasteiger partial charge is 0.326 e. The summed E-state index contributed by atoms with van der Waals surface area (Å²) >= 11 is 0. The number of benzene rings is 1. The molecular formula is C14H17N3O3. The molecule has 1 aromatic carbocycles. The minimum Gasteiger partial charge on any atom is -0.480 e. The standard InChI is InChI=1S/C14H17N3O3/c1-3-10(14(19)20)15-13(18)8-11-9-6-4-5-7-12(9)17(2)16-11/h4-7,10H,3,8H2,1-2H3,(H,15,18)(H,19,20). The Kier molecular flexibility index (Phi) is 4.02. The van der Waals surface area contributed by atoms with Crippen LogP contribution in [0, 0.1) is 0 Å². The van der Waals surface area contributed by atoms with Gasteiger partial charge in [-0.25, -0.2) is 4.79 Å². The van der Waals surface area contributed by atoms with E-state index in [0.717, 1.165) is 10.9 Å². The number of aryl methyl sites for hydroxylation is 1. The monoisotopic (exact) mass is 275 g/mol. The number of rotatable bonds is 5. The van der Waals surface area contributed by atoms with Crippen LogP contribution < -0.4 is 5.32 Å². The summed E-state index contributed by atoms with van der Waals surface area (Å²) in [5, 5.41) is 16.7. The molecule has 1 amide bonds. The molecule has 1 aromatic heterocycles. The normalized spacial score (nSPS) is 12.3. The second-order valence-corrected chi connectivity index (χ2v) is 4.63. The number of aromatic nitrogens is 2. The third-order valence-corrected chi connectivity index (χ3v) is 3.20. The third kappa shape index (κ3) is 2.79. The minimum absolute atomic E-state index is 0.0745. The number of carboxylic acid groups (broad SMARTS) is 1. The van der Waals surface area contributed by atoms with Gasteiger partial charge in [-0.3, -0.25) is 9.48 Å². The fourth-order valence-corrected chi connectivity index (χ4v) is 2.16. The second kappa shape index (κ2) is 5.73. The predicted octanol–water partition coefficient (Wildman–Crippen LogP) is 1.10. The summed E-state index contributed by atoms with van der Waals surface area (Å²) in [5.41, 5.74) is 1.60. The van der Waals surface area contributed by atoms with Crippen molar-refractivity contribution in [1.29, 1.82) is 0 Å². The first-order valence-corrected chi connectivity index (χ1v) is 6.45. The average molecular weight is 275 g/mol. The SMILES string of the molecule is CCC(NC(=O)Cc1nn(C)c2ccccc12)C(=O)O. The van der Waals surface area contributed by atoms with Crippen LogP contribution in [0.25, 0.3) is 10.9 Å². The van der Waals surface area contributed by atoms with Crippen molar-refractivity contribution >= 4 is 22.8 Å². The van der Waals surface area contributed by atoms with Gasteiger partial charge in [0.25, 0.3) is 0 Å². The zero-order valence-electron chi connectivity index (χ0n) is 11.5. The van der Waals surface area contributed by atoms with Crippen molar-refractivity contribution in [2.24, 2.45) is 7.05 Å². The highest BCUT2D eigenvalue weighted by Crippen LogP contribution is 2.17. The number of carbonyl (C=O) groups is 2. The number of nitrogens with zero attached hydrogens (tertiary/aromatic N) is 2. The van der Waals surface area contributed by atoms with Gasteiger partial charge in [0, 0.05) is 12.4 Å². The highest BCUT2D eigenvalue weighted by Gasteiger charge is 2.19. The molecule has 20 heavy (non-hydrogen) atoms. The van der Waals surface area contributed by atoms with Crippen LogP contribution in [0.2, 0.25) is 0 Å². The quantitative estimate of drug-likeness (QED) is 0.855. The van der Waals surface area contributed by atoms with Crippen molar-refractivity contribution in [2.45, 2.75) is 25.8 Å². The number of carboxylic acids is 1. The molecule has 2 N–H and O–H groups in total. The van der Waals surface area contributed by atoms with Crippen LogP contribution in [0.4, 0.5) is 0 Å². The van der Waals surface area contributed by atoms with Crippen molar-refractivity contribution in [1.82, 2.24) is 15.1 Å². The summed E-state index contributed by atoms with van der Waals surface area (Å²) < 4.78 is 1.71. The van der Waals surface area contributed by atoms with E-state index in [9.17, 15) is 9.59 Å². The molecule has 1 atom stereocenters. The number of carbonyl (C=O) groups excluding carboxylic acids is 1. The summed E-state index contributed by atoms with van der Waals surface area (Å²) in [5.74, 6) is -1.35. The highest BCUT2D eigenvalue weighted by atomic mass is 16.4. The van der Waals surface area contributed by atoms with Gasteiger partial charge < -0.3 is 10.4 Å². The lowest BCUT2D eigenvalue weighted by Gasteiger charge is -2.11. The van der Waals surface area contributed by atoms with Crippen molar-refractivity contribution in [2.75, 3.05) is 0 Å². The molecule has 0 saturated heterocycles. The lowest BCUT2D eigenvalue weighted by Crippen LogP contribution is -2.41. The molecule has 2 rings (SSSR count). The lowest BCUT2D eigenvalue weighted by atomic mass is 10.1. The Hall–Kier alpha value is -2.37. The van der Waals surface area contributed by atoms with Gasteiger partial charge in [0.15, 0.2) is 0 Å². The number of nitrogens with one attached hydrogen (secondary N) is 1. The van der Waals surface area contributed by atoms with Gasteiger partial charge in [-0.2, -0.15) is 5.10 Å². The fraction of sp³-hybridized carbons (Fsp3) is 0.357. The molecule has 0 spiro atoms. The van der Waals surface area contributed by atoms with E-state index < -0.39 is 12.0 Å². The maximum atomic E-state index is 11.9. The Morgan fingerprint density at radius 2 is 2.10 bits per heavy atom. The Bertz CT molecular complexity index is 648. The minimum atomic E-state index is -1.02. The van der Waals surface area contributed by atoms with Gasteiger partial charge in [0.05, 0.1) is 17.6 Å². The maximum Gasteiger partial charge on any atom is 0.326 e. The van der Waals surface area contributed by atoms with Crippen LogP contribution in [0.5, 0.6) is 0 Å². The number of hydrogen-bond acceptors (Lipinski definition) is 3. The molecule has 0 aliphatic carbocycles. The number of aliphatic carboxylic acids is 1. The Labute approximate surface area is 116 Å². The Morgan fingerprint density at radius 1 is 1.40 bits per heavy atom. The molecule has 6 nitrogen and oxygen atoms in total. The topological polar surface area (TPSA) is 84.2 Å². The molecule has 0 bridgehead atoms. The van der Waals surface area contributed by atoms with E-state index in [-0.39, 0.29) is 12.3 Å². The molecule has 106 valence electrons. The number of amides is 1. The summed E-state index contributed by atoms with van der Waals surface area (Å²) in [7, 11) is 1.82. The van der Waals surface area contributed by atoms with Gasteiger partial charge in [-0.05, 0) is 12.5 Å². The Balaban J connectivity index is 2.16. The zero-order chi connectivity index (χ0) is 14.7. The van der Waals surface area contributed by atoms with Crippen LogP contribution in [-0.4, -0.2) is 32.8 Å². The second-order valence-electron chi connectivity index (χ2n) is 4.63. The molecule has 1 heterocycles. The van der Waals surface area contributed by atoms with Crippen molar-refractivity contribution in [3.8, 4) is 0 Å². The predicted molar refractivity (Wildman–Crippen MR) is 74.3 cm³/mol. The molecule has 2 aromatic rings. The molecule has 6 heteroatoms. The number of para-hydroxylation sites is 1. The molecule has 0 aliphatic rings. The first-order chi connectivity index (χ1) is 9.52. The number of fused-ring (bicyclic) bond motifs is 1. The molecule has 0 aliphatic heterocycles. The molecule has 0 radical (unpaired) electrons. The van der Waals surface area contributed by atoms with E-state index in [0.29, 0.717) is 12.1 Å². The summed E-state index contributed by atoms with van der Waals surface area (Å²) in [6.07, 6.45) is 0.426. The van der Waals surface area contributed by atoms with E-state index in [2.05, 4.69) is 10.4 Å². The van der Waals surface area contributed by atoms with Crippen LogP contribution in [0.1, 0.15) is 19.0 Å². The van der Waals surface area contributed by atoms with Gasteiger partial charge in [0.1, 0.15) is 6.04 Å². The lowest BCUT2D eigenvalue weighted by molar-refractivity contribution is -0.141. The average Bonchev–Trinajstić information content (AvgIpc) is 2.73. The van der Waals surface area contributed by atoms with E-state index >= 15 is 0 Å². The van der Waals surface area contributed by atoms with E-state index in [4.69, 9.17) is 5.11 Å². The van der Waals surface area contributed by atoms with Gasteiger partial charge >= 0.3 is 5.97 Å². The molecule has 0 fully saturated rings. The largest absolute Gasteiger partial charge is 0.480 e. The zero-order valence-corrected chi connectivity index (χ0v) is 11.5. The van der Waals surface area contributed by atoms with E-state index in [1.54, 1.807) is 11.6 Å². The van der Waals surface area contributed by atoms with Crippen molar-refractivity contribution in [3.63, 3.8) is 0 Å². The third-order valence-electron chi connectivity index (χ3n) is 3.20. The Morgan fingerprint density at radius 3 is 2.75 bits per heavy atom. The van der Waals surface area contributed by atoms with Crippen molar-refractivity contribution in [3.05, 3.63) is 30.0 Å². The van der Waals surface area contributed by atoms with Crippen LogP contribution >= 0.6 is 0 Å². The van der Waals surface area contributed by atoms with Gasteiger partial charge in [0.2, 0.25) is 5.91 Å². The van der Waals surface area contributed by atoms with Gasteiger partial charge in [-0.1, -0.05) is 25.1 Å². The summed E-state index contributed by atoms with van der Waals surface area (Å²) in [6, 6.07) is 6.77. The molecular weight excluding hydrogens is 258 g/mol. The molecule has 1 unspecified atom stereocenters. The van der Waals surface area contributed by atoms with Crippen molar-refractivity contribution < 1.29 is 14.7 Å². The van der Waals surface area contributed by atoms with Gasteiger partial charge in [-0.15, -0.1) is 0 Å². The van der Waals surface area contributed by atoms with E-state index in [1.807, 2.05) is 31.3 Å². The van der Waals surface area contributed by atoms with Crippen LogP contribution in [-0.2, 0) is 23.1 Å². The highest BCUT2D eigenvalue weighted by molar-refractivity contribution is 5.89. The summed E-state index contributed by atoms with van der Waals surface area (Å²) in [6.45, 7) is 1.72. The first-order valence-electron chi connectivity index (χ1n) is 6.45. The van der Waals surface area contributed by atoms with Crippen LogP contribution in [0.3, 0.4) is 0 Å². The van der Waals surface area contributed by atoms with Crippen LogP contribution in [0.15, 0.2) is 24.3 Å². The molecule has 0 saturated carbocycles. The van der Waals surface area contributed by atoms with E-state index in [1.165, 1.54) is 0 Å². The maximum absolute atomic E-state index is 11.9. The fourth-order valence-electron chi connectivity index (χ4n) is 2.16.